The zero-order valence-electron chi connectivity index (χ0n) is 15.0. The Labute approximate surface area is 151 Å². The lowest BCUT2D eigenvalue weighted by Crippen LogP contribution is -2.23. The second-order valence-corrected chi connectivity index (χ2v) is 6.30. The molecule has 1 aromatic carbocycles. The third-order valence-corrected chi connectivity index (χ3v) is 4.94. The van der Waals surface area contributed by atoms with Crippen LogP contribution in [0.15, 0.2) is 12.2 Å². The summed E-state index contributed by atoms with van der Waals surface area (Å²) >= 11 is 0. The number of carbonyl (C=O) groups is 2. The summed E-state index contributed by atoms with van der Waals surface area (Å²) in [5, 5.41) is 10.6. The Hall–Kier alpha value is -2.54. The molecule has 140 valence electrons. The van der Waals surface area contributed by atoms with Gasteiger partial charge in [-0.3, -0.25) is 4.79 Å². The van der Waals surface area contributed by atoms with E-state index in [-0.39, 0.29) is 35.9 Å². The van der Waals surface area contributed by atoms with E-state index in [1.807, 2.05) is 6.92 Å². The first-order valence-corrected chi connectivity index (χ1v) is 8.44. The van der Waals surface area contributed by atoms with Crippen LogP contribution in [0.25, 0.3) is 0 Å². The topological polar surface area (TPSA) is 91.3 Å². The normalized spacial score (nSPS) is 21.7. The Kier molecular flexibility index (Phi) is 5.18. The number of benzene rings is 1. The second-order valence-electron chi connectivity index (χ2n) is 6.30. The molecular weight excluding hydrogens is 340 g/mol. The molecule has 26 heavy (non-hydrogen) atoms. The van der Waals surface area contributed by atoms with Crippen molar-refractivity contribution >= 4 is 11.9 Å². The van der Waals surface area contributed by atoms with Crippen molar-refractivity contribution in [3.8, 4) is 11.5 Å². The number of carbonyl (C=O) groups excluding carboxylic acids is 2. The number of cyclic esters (lactones) is 1. The number of aromatic hydroxyl groups is 1. The van der Waals surface area contributed by atoms with Gasteiger partial charge in [0.25, 0.3) is 0 Å². The molecule has 2 atom stereocenters. The third kappa shape index (κ3) is 3.03. The molecule has 1 N–H and O–H groups in total. The minimum Gasteiger partial charge on any atom is -0.507 e. The number of fused-ring (bicyclic) bond motifs is 1. The molecule has 0 saturated carbocycles. The van der Waals surface area contributed by atoms with Crippen LogP contribution in [0.5, 0.6) is 11.5 Å². The molecule has 2 heterocycles. The standard InChI is InChI=1S/C19H22O7/c1-10-13-9-26-19(22)15(13)16(20)12(17(10)23-2)5-4-6-14-11(7-8-25-14)18(21)24-3/h4,6,11,14,20H,5,7-9H2,1-3H3/b6-4+. The van der Waals surface area contributed by atoms with Crippen LogP contribution in [-0.2, 0) is 32.0 Å². The first-order valence-electron chi connectivity index (χ1n) is 8.44. The number of phenols is 1. The average molecular weight is 362 g/mol. The quantitative estimate of drug-likeness (QED) is 0.633. The molecule has 0 aliphatic carbocycles. The molecule has 2 aliphatic rings. The highest BCUT2D eigenvalue weighted by molar-refractivity contribution is 5.98. The summed E-state index contributed by atoms with van der Waals surface area (Å²) in [4.78, 5) is 23.7. The van der Waals surface area contributed by atoms with Crippen LogP contribution in [0, 0.1) is 12.8 Å². The molecule has 0 amide bonds. The molecule has 2 unspecified atom stereocenters. The van der Waals surface area contributed by atoms with Gasteiger partial charge in [0.2, 0.25) is 0 Å². The van der Waals surface area contributed by atoms with E-state index in [4.69, 9.17) is 18.9 Å². The van der Waals surface area contributed by atoms with Gasteiger partial charge in [-0.1, -0.05) is 12.2 Å². The van der Waals surface area contributed by atoms with E-state index < -0.39 is 5.97 Å². The highest BCUT2D eigenvalue weighted by Gasteiger charge is 2.34. The van der Waals surface area contributed by atoms with Crippen LogP contribution < -0.4 is 4.74 Å². The highest BCUT2D eigenvalue weighted by atomic mass is 16.5. The average Bonchev–Trinajstić information content (AvgIpc) is 3.25. The van der Waals surface area contributed by atoms with Crippen LogP contribution in [0.4, 0.5) is 0 Å². The summed E-state index contributed by atoms with van der Waals surface area (Å²) in [6.07, 6.45) is 4.16. The number of methoxy groups -OCH3 is 2. The van der Waals surface area contributed by atoms with Gasteiger partial charge in [-0.05, 0) is 25.3 Å². The van der Waals surface area contributed by atoms with E-state index in [0.29, 0.717) is 36.3 Å². The van der Waals surface area contributed by atoms with Crippen LogP contribution in [0.3, 0.4) is 0 Å². The van der Waals surface area contributed by atoms with Crippen molar-refractivity contribution in [1.29, 1.82) is 0 Å². The maximum atomic E-state index is 11.9. The number of esters is 2. The zero-order valence-corrected chi connectivity index (χ0v) is 15.0. The van der Waals surface area contributed by atoms with Crippen molar-refractivity contribution in [3.63, 3.8) is 0 Å². The maximum Gasteiger partial charge on any atom is 0.342 e. The fourth-order valence-electron chi connectivity index (χ4n) is 3.55. The molecule has 1 saturated heterocycles. The lowest BCUT2D eigenvalue weighted by Gasteiger charge is -2.16. The number of allylic oxidation sites excluding steroid dienone is 1. The van der Waals surface area contributed by atoms with Gasteiger partial charge < -0.3 is 24.1 Å². The Bertz CT molecular complexity index is 766. The molecule has 7 heteroatoms. The Morgan fingerprint density at radius 3 is 2.85 bits per heavy atom. The van der Waals surface area contributed by atoms with Crippen molar-refractivity contribution in [2.75, 3.05) is 20.8 Å². The Morgan fingerprint density at radius 2 is 2.15 bits per heavy atom. The molecule has 1 fully saturated rings. The van der Waals surface area contributed by atoms with Crippen LogP contribution >= 0.6 is 0 Å². The Balaban J connectivity index is 1.86. The summed E-state index contributed by atoms with van der Waals surface area (Å²) in [6, 6.07) is 0. The molecule has 0 aromatic heterocycles. The number of hydrogen-bond donors (Lipinski definition) is 1. The van der Waals surface area contributed by atoms with E-state index >= 15 is 0 Å². The summed E-state index contributed by atoms with van der Waals surface area (Å²) in [5.41, 5.74) is 2.14. The monoisotopic (exact) mass is 362 g/mol. The maximum absolute atomic E-state index is 11.9. The van der Waals surface area contributed by atoms with Crippen molar-refractivity contribution in [2.45, 2.75) is 32.5 Å². The van der Waals surface area contributed by atoms with Gasteiger partial charge in [-0.25, -0.2) is 4.79 Å². The van der Waals surface area contributed by atoms with E-state index in [2.05, 4.69) is 0 Å². The van der Waals surface area contributed by atoms with Crippen molar-refractivity contribution in [2.24, 2.45) is 5.92 Å². The zero-order chi connectivity index (χ0) is 18.8. The van der Waals surface area contributed by atoms with Gasteiger partial charge in [0.05, 0.1) is 26.2 Å². The molecule has 2 aliphatic heterocycles. The van der Waals surface area contributed by atoms with E-state index in [0.717, 1.165) is 5.56 Å². The predicted octanol–water partition coefficient (Wildman–Crippen LogP) is 2.06. The molecule has 0 spiro atoms. The number of phenolic OH excluding ortho intramolecular Hbond substituents is 1. The highest BCUT2D eigenvalue weighted by Crippen LogP contribution is 2.42. The molecule has 7 nitrogen and oxygen atoms in total. The number of hydrogen-bond acceptors (Lipinski definition) is 7. The smallest absolute Gasteiger partial charge is 0.342 e. The predicted molar refractivity (Wildman–Crippen MR) is 91.2 cm³/mol. The summed E-state index contributed by atoms with van der Waals surface area (Å²) in [6.45, 7) is 2.46. The van der Waals surface area contributed by atoms with Crippen LogP contribution in [0.2, 0.25) is 0 Å². The van der Waals surface area contributed by atoms with Gasteiger partial charge >= 0.3 is 11.9 Å². The van der Waals surface area contributed by atoms with Gasteiger partial charge in [0.15, 0.2) is 0 Å². The van der Waals surface area contributed by atoms with Gasteiger partial charge in [0, 0.05) is 17.7 Å². The SMILES string of the molecule is COC(=O)C1CCOC1/C=C/Cc1c(O)c2c(c(C)c1OC)COC2=O. The van der Waals surface area contributed by atoms with Crippen molar-refractivity contribution in [3.05, 3.63) is 34.4 Å². The van der Waals surface area contributed by atoms with E-state index in [9.17, 15) is 14.7 Å². The van der Waals surface area contributed by atoms with Gasteiger partial charge in [-0.15, -0.1) is 0 Å². The molecule has 0 bridgehead atoms. The lowest BCUT2D eigenvalue weighted by molar-refractivity contribution is -0.146. The lowest BCUT2D eigenvalue weighted by atomic mass is 9.95. The third-order valence-electron chi connectivity index (χ3n) is 4.94. The molecule has 3 rings (SSSR count). The van der Waals surface area contributed by atoms with E-state index in [1.54, 1.807) is 12.2 Å². The van der Waals surface area contributed by atoms with E-state index in [1.165, 1.54) is 14.2 Å². The van der Waals surface area contributed by atoms with Gasteiger partial charge in [-0.2, -0.15) is 0 Å². The number of ether oxygens (including phenoxy) is 4. The molecular formula is C19H22O7. The van der Waals surface area contributed by atoms with Crippen LogP contribution in [-0.4, -0.2) is 44.0 Å². The second kappa shape index (κ2) is 7.37. The summed E-state index contributed by atoms with van der Waals surface area (Å²) in [7, 11) is 2.88. The minimum atomic E-state index is -0.529. The summed E-state index contributed by atoms with van der Waals surface area (Å²) in [5.74, 6) is -0.747. The molecule has 1 aromatic rings. The molecule has 0 radical (unpaired) electrons. The first-order chi connectivity index (χ1) is 12.5. The van der Waals surface area contributed by atoms with Gasteiger partial charge in [0.1, 0.15) is 23.7 Å². The summed E-state index contributed by atoms with van der Waals surface area (Å²) < 4.78 is 20.9. The minimum absolute atomic E-state index is 0.119. The van der Waals surface area contributed by atoms with Crippen molar-refractivity contribution in [1.82, 2.24) is 0 Å². The fourth-order valence-corrected chi connectivity index (χ4v) is 3.55. The first kappa shape index (κ1) is 18.3. The van der Waals surface area contributed by atoms with Crippen molar-refractivity contribution < 1.29 is 33.6 Å². The van der Waals surface area contributed by atoms with Crippen LogP contribution in [0.1, 0.15) is 33.5 Å². The largest absolute Gasteiger partial charge is 0.507 e. The Morgan fingerprint density at radius 1 is 1.38 bits per heavy atom. The fraction of sp³-hybridized carbons (Fsp3) is 0.474. The number of rotatable bonds is 5.